The van der Waals surface area contributed by atoms with Crippen molar-refractivity contribution >= 4 is 28.1 Å². The van der Waals surface area contributed by atoms with Crippen molar-refractivity contribution in [3.8, 4) is 0 Å². The molecule has 1 aliphatic heterocycles. The number of anilines is 2. The predicted molar refractivity (Wildman–Crippen MR) is 107 cm³/mol. The smallest absolute Gasteiger partial charge is 0.271 e. The quantitative estimate of drug-likeness (QED) is 0.868. The number of halogens is 1. The van der Waals surface area contributed by atoms with Crippen LogP contribution in [-0.2, 0) is 0 Å². The van der Waals surface area contributed by atoms with Crippen molar-refractivity contribution in [3.05, 3.63) is 41.2 Å². The van der Waals surface area contributed by atoms with Crippen molar-refractivity contribution in [3.63, 3.8) is 0 Å². The van der Waals surface area contributed by atoms with Gasteiger partial charge in [-0.1, -0.05) is 31.4 Å². The van der Waals surface area contributed by atoms with Gasteiger partial charge in [-0.05, 0) is 25.0 Å². The molecule has 0 radical (unpaired) electrons. The number of thiazole rings is 1. The molecule has 0 atom stereocenters. The second-order valence-electron chi connectivity index (χ2n) is 7.25. The second kappa shape index (κ2) is 8.25. The summed E-state index contributed by atoms with van der Waals surface area (Å²) < 4.78 is 14.0. The summed E-state index contributed by atoms with van der Waals surface area (Å²) in [6.45, 7) is 3.02. The molecule has 2 fully saturated rings. The molecule has 2 aromatic rings. The minimum atomic E-state index is -0.179. The molecule has 144 valence electrons. The Bertz CT molecular complexity index is 782. The van der Waals surface area contributed by atoms with Gasteiger partial charge in [0.15, 0.2) is 5.13 Å². The summed E-state index contributed by atoms with van der Waals surface area (Å²) in [5, 5.41) is 5.84. The number of hydrogen-bond donors (Lipinski definition) is 1. The van der Waals surface area contributed by atoms with Gasteiger partial charge in [-0.3, -0.25) is 4.79 Å². The van der Waals surface area contributed by atoms with Crippen molar-refractivity contribution in [2.75, 3.05) is 36.0 Å². The van der Waals surface area contributed by atoms with E-state index in [1.165, 1.54) is 36.7 Å². The van der Waals surface area contributed by atoms with Crippen LogP contribution in [0.3, 0.4) is 0 Å². The third-order valence-corrected chi connectivity index (χ3v) is 6.31. The van der Waals surface area contributed by atoms with Gasteiger partial charge in [0.2, 0.25) is 0 Å². The van der Waals surface area contributed by atoms with Gasteiger partial charge >= 0.3 is 0 Å². The lowest BCUT2D eigenvalue weighted by Crippen LogP contribution is -2.46. The first-order chi connectivity index (χ1) is 13.2. The number of piperazine rings is 1. The van der Waals surface area contributed by atoms with Crippen molar-refractivity contribution < 1.29 is 9.18 Å². The topological polar surface area (TPSA) is 48.5 Å². The number of carbonyl (C=O) groups is 1. The Labute approximate surface area is 163 Å². The Morgan fingerprint density at radius 1 is 1.07 bits per heavy atom. The molecule has 1 saturated heterocycles. The number of hydrogen-bond acceptors (Lipinski definition) is 5. The molecule has 27 heavy (non-hydrogen) atoms. The molecule has 5 nitrogen and oxygen atoms in total. The SMILES string of the molecule is O=C(NC1CCCCC1)c1csc(N2CCN(c3ccccc3F)CC2)n1. The number of nitrogens with one attached hydrogen (secondary N) is 1. The fourth-order valence-corrected chi connectivity index (χ4v) is 4.73. The van der Waals surface area contributed by atoms with Crippen molar-refractivity contribution in [2.24, 2.45) is 0 Å². The monoisotopic (exact) mass is 388 g/mol. The first-order valence-electron chi connectivity index (χ1n) is 9.71. The number of para-hydroxylation sites is 1. The van der Waals surface area contributed by atoms with Crippen LogP contribution in [0.4, 0.5) is 15.2 Å². The molecule has 4 rings (SSSR count). The summed E-state index contributed by atoms with van der Waals surface area (Å²) in [6.07, 6.45) is 5.80. The Balaban J connectivity index is 1.34. The molecule has 2 heterocycles. The second-order valence-corrected chi connectivity index (χ2v) is 8.09. The Hall–Kier alpha value is -2.15. The molecule has 7 heteroatoms. The highest BCUT2D eigenvalue weighted by molar-refractivity contribution is 7.13. The van der Waals surface area contributed by atoms with Crippen LogP contribution in [0, 0.1) is 5.82 Å². The molecule has 1 N–H and O–H groups in total. The number of carbonyl (C=O) groups excluding carboxylic acids is 1. The number of rotatable bonds is 4. The summed E-state index contributed by atoms with van der Waals surface area (Å²) in [4.78, 5) is 21.2. The van der Waals surface area contributed by atoms with E-state index in [2.05, 4.69) is 20.1 Å². The molecule has 0 unspecified atom stereocenters. The standard InChI is InChI=1S/C20H25FN4OS/c21-16-8-4-5-9-18(16)24-10-12-25(13-11-24)20-23-17(14-27-20)19(26)22-15-6-2-1-3-7-15/h4-5,8-9,14-15H,1-3,6-7,10-13H2,(H,22,26). The van der Waals surface area contributed by atoms with Crippen LogP contribution in [0.2, 0.25) is 0 Å². The highest BCUT2D eigenvalue weighted by atomic mass is 32.1. The van der Waals surface area contributed by atoms with Crippen molar-refractivity contribution in [1.29, 1.82) is 0 Å². The van der Waals surface area contributed by atoms with E-state index in [0.717, 1.165) is 44.2 Å². The lowest BCUT2D eigenvalue weighted by Gasteiger charge is -2.36. The van der Waals surface area contributed by atoms with Crippen LogP contribution in [0.25, 0.3) is 0 Å². The fraction of sp³-hybridized carbons (Fsp3) is 0.500. The Morgan fingerprint density at radius 3 is 2.52 bits per heavy atom. The molecule has 0 spiro atoms. The third kappa shape index (κ3) is 4.24. The zero-order valence-electron chi connectivity index (χ0n) is 15.4. The van der Waals surface area contributed by atoms with Gasteiger partial charge in [0.1, 0.15) is 11.5 Å². The van der Waals surface area contributed by atoms with E-state index in [-0.39, 0.29) is 11.7 Å². The van der Waals surface area contributed by atoms with Gasteiger partial charge in [0.25, 0.3) is 5.91 Å². The van der Waals surface area contributed by atoms with Gasteiger partial charge in [0.05, 0.1) is 5.69 Å². The van der Waals surface area contributed by atoms with E-state index < -0.39 is 0 Å². The highest BCUT2D eigenvalue weighted by Gasteiger charge is 2.23. The van der Waals surface area contributed by atoms with E-state index in [1.807, 2.05) is 17.5 Å². The Morgan fingerprint density at radius 2 is 1.78 bits per heavy atom. The van der Waals surface area contributed by atoms with Gasteiger partial charge in [-0.15, -0.1) is 11.3 Å². The van der Waals surface area contributed by atoms with Crippen LogP contribution >= 0.6 is 11.3 Å². The maximum absolute atomic E-state index is 14.0. The normalized spacial score (nSPS) is 18.6. The van der Waals surface area contributed by atoms with Gasteiger partial charge in [0, 0.05) is 37.6 Å². The predicted octanol–water partition coefficient (Wildman–Crippen LogP) is 3.67. The first-order valence-corrected chi connectivity index (χ1v) is 10.6. The maximum atomic E-state index is 14.0. The first kappa shape index (κ1) is 18.2. The number of amides is 1. The fourth-order valence-electron chi connectivity index (χ4n) is 3.87. The van der Waals surface area contributed by atoms with Gasteiger partial charge < -0.3 is 15.1 Å². The largest absolute Gasteiger partial charge is 0.366 e. The molecule has 1 aliphatic carbocycles. The molecule has 2 aliphatic rings. The summed E-state index contributed by atoms with van der Waals surface area (Å²) in [7, 11) is 0. The lowest BCUT2D eigenvalue weighted by molar-refractivity contribution is 0.0923. The van der Waals surface area contributed by atoms with E-state index in [9.17, 15) is 9.18 Å². The van der Waals surface area contributed by atoms with E-state index in [1.54, 1.807) is 6.07 Å². The number of nitrogens with zero attached hydrogens (tertiary/aromatic N) is 3. The van der Waals surface area contributed by atoms with Crippen LogP contribution < -0.4 is 15.1 Å². The average Bonchev–Trinajstić information content (AvgIpc) is 3.20. The third-order valence-electron chi connectivity index (χ3n) is 5.41. The summed E-state index contributed by atoms with van der Waals surface area (Å²) >= 11 is 1.51. The molecule has 0 bridgehead atoms. The summed E-state index contributed by atoms with van der Waals surface area (Å²) in [5.74, 6) is -0.240. The number of aromatic nitrogens is 1. The van der Waals surface area contributed by atoms with Crippen LogP contribution in [0.5, 0.6) is 0 Å². The molecule has 1 amide bonds. The molecule has 1 aromatic heterocycles. The van der Waals surface area contributed by atoms with Crippen molar-refractivity contribution in [2.45, 2.75) is 38.1 Å². The highest BCUT2D eigenvalue weighted by Crippen LogP contribution is 2.25. The van der Waals surface area contributed by atoms with Gasteiger partial charge in [-0.25, -0.2) is 9.37 Å². The molecular weight excluding hydrogens is 363 g/mol. The van der Waals surface area contributed by atoms with Crippen LogP contribution in [-0.4, -0.2) is 43.1 Å². The summed E-state index contributed by atoms with van der Waals surface area (Å²) in [6, 6.07) is 7.19. The zero-order valence-corrected chi connectivity index (χ0v) is 16.2. The Kier molecular flexibility index (Phi) is 5.57. The zero-order chi connectivity index (χ0) is 18.6. The number of benzene rings is 1. The van der Waals surface area contributed by atoms with Gasteiger partial charge in [-0.2, -0.15) is 0 Å². The van der Waals surface area contributed by atoms with E-state index in [0.29, 0.717) is 17.4 Å². The van der Waals surface area contributed by atoms with Crippen molar-refractivity contribution in [1.82, 2.24) is 10.3 Å². The molecule has 1 saturated carbocycles. The minimum Gasteiger partial charge on any atom is -0.366 e. The van der Waals surface area contributed by atoms with Crippen LogP contribution in [0.15, 0.2) is 29.6 Å². The minimum absolute atomic E-state index is 0.0607. The maximum Gasteiger partial charge on any atom is 0.271 e. The average molecular weight is 389 g/mol. The lowest BCUT2D eigenvalue weighted by atomic mass is 9.95. The molecular formula is C20H25FN4OS. The van der Waals surface area contributed by atoms with Crippen LogP contribution in [0.1, 0.15) is 42.6 Å². The van der Waals surface area contributed by atoms with E-state index in [4.69, 9.17) is 0 Å². The summed E-state index contributed by atoms with van der Waals surface area (Å²) in [5.41, 5.74) is 1.17. The molecule has 1 aromatic carbocycles. The van der Waals surface area contributed by atoms with E-state index >= 15 is 0 Å².